The van der Waals surface area contributed by atoms with Crippen molar-refractivity contribution in [3.05, 3.63) is 77.3 Å². The lowest BCUT2D eigenvalue weighted by molar-refractivity contribution is -0.110. The molecule has 2 aliphatic heterocycles. The quantitative estimate of drug-likeness (QED) is 0.552. The topological polar surface area (TPSA) is 74.6 Å². The second-order valence-electron chi connectivity index (χ2n) is 8.25. The molecule has 0 unspecified atom stereocenters. The molecule has 1 saturated heterocycles. The van der Waals surface area contributed by atoms with Gasteiger partial charge >= 0.3 is 0 Å². The highest BCUT2D eigenvalue weighted by molar-refractivity contribution is 6.34. The first-order chi connectivity index (χ1) is 16.1. The molecule has 1 aromatic heterocycles. The second kappa shape index (κ2) is 9.03. The summed E-state index contributed by atoms with van der Waals surface area (Å²) in [7, 11) is 0. The first kappa shape index (κ1) is 21.2. The van der Waals surface area contributed by atoms with E-state index in [2.05, 4.69) is 15.5 Å². The number of carbonyl (C=O) groups is 2. The molecule has 3 heterocycles. The molecular weight excluding hydrogens is 421 g/mol. The second-order valence-corrected chi connectivity index (χ2v) is 8.25. The van der Waals surface area contributed by atoms with Crippen LogP contribution in [0.1, 0.15) is 34.5 Å². The van der Waals surface area contributed by atoms with Crippen molar-refractivity contribution in [2.75, 3.05) is 31.5 Å². The number of anilines is 1. The standard InChI is InChI=1S/C26H24FN3O3/c27-17-7-9-23-21(15-17)22(26(32)29-23)16-18-8-10-24(33-18)19-5-1-2-6-20(19)25(31)28-11-14-30-12-3-4-13-30/h1-2,5-10,15-16H,3-4,11-14H2,(H,28,31)(H,29,32). The number of likely N-dealkylation sites (tertiary alicyclic amines) is 1. The summed E-state index contributed by atoms with van der Waals surface area (Å²) in [4.78, 5) is 27.6. The Bertz CT molecular complexity index is 1240. The molecular formula is C26H24FN3O3. The fourth-order valence-electron chi connectivity index (χ4n) is 4.35. The van der Waals surface area contributed by atoms with Gasteiger partial charge in [0.15, 0.2) is 0 Å². The molecule has 6 nitrogen and oxygen atoms in total. The van der Waals surface area contributed by atoms with Gasteiger partial charge in [0.2, 0.25) is 0 Å². The number of rotatable bonds is 6. The lowest BCUT2D eigenvalue weighted by Crippen LogP contribution is -2.33. The first-order valence-corrected chi connectivity index (χ1v) is 11.1. The van der Waals surface area contributed by atoms with E-state index in [1.807, 2.05) is 18.2 Å². The van der Waals surface area contributed by atoms with Gasteiger partial charge in [-0.15, -0.1) is 0 Å². The van der Waals surface area contributed by atoms with Crippen LogP contribution in [0.15, 0.2) is 59.0 Å². The van der Waals surface area contributed by atoms with E-state index >= 15 is 0 Å². The van der Waals surface area contributed by atoms with Crippen molar-refractivity contribution in [1.29, 1.82) is 0 Å². The zero-order valence-corrected chi connectivity index (χ0v) is 18.1. The first-order valence-electron chi connectivity index (χ1n) is 11.1. The van der Waals surface area contributed by atoms with Crippen LogP contribution in [0.5, 0.6) is 0 Å². The van der Waals surface area contributed by atoms with E-state index < -0.39 is 5.82 Å². The maximum Gasteiger partial charge on any atom is 0.256 e. The summed E-state index contributed by atoms with van der Waals surface area (Å²) >= 11 is 0. The van der Waals surface area contributed by atoms with Crippen molar-refractivity contribution in [2.24, 2.45) is 0 Å². The highest BCUT2D eigenvalue weighted by Crippen LogP contribution is 2.34. The molecule has 2 amide bonds. The molecule has 0 bridgehead atoms. The number of fused-ring (bicyclic) bond motifs is 1. The van der Waals surface area contributed by atoms with Gasteiger partial charge in [0.05, 0.1) is 11.1 Å². The van der Waals surface area contributed by atoms with E-state index in [0.29, 0.717) is 46.0 Å². The minimum atomic E-state index is -0.416. The average molecular weight is 445 g/mol. The number of carbonyl (C=O) groups excluding carboxylic acids is 2. The van der Waals surface area contributed by atoms with Crippen LogP contribution in [-0.4, -0.2) is 42.9 Å². The van der Waals surface area contributed by atoms with Crippen LogP contribution in [0.2, 0.25) is 0 Å². The van der Waals surface area contributed by atoms with Gasteiger partial charge in [-0.05, 0) is 68.4 Å². The highest BCUT2D eigenvalue weighted by Gasteiger charge is 2.25. The summed E-state index contributed by atoms with van der Waals surface area (Å²) in [6.07, 6.45) is 4.02. The molecule has 3 aromatic rings. The van der Waals surface area contributed by atoms with Crippen molar-refractivity contribution >= 4 is 29.2 Å². The SMILES string of the molecule is O=C1Nc2ccc(F)cc2C1=Cc1ccc(-c2ccccc2C(=O)NCCN2CCCC2)o1. The Kier molecular flexibility index (Phi) is 5.79. The van der Waals surface area contributed by atoms with Gasteiger partial charge in [0.1, 0.15) is 17.3 Å². The number of halogens is 1. The van der Waals surface area contributed by atoms with Crippen LogP contribution < -0.4 is 10.6 Å². The average Bonchev–Trinajstić information content (AvgIpc) is 3.56. The van der Waals surface area contributed by atoms with Gasteiger partial charge in [-0.2, -0.15) is 0 Å². The number of nitrogens with zero attached hydrogens (tertiary/aromatic N) is 1. The zero-order valence-electron chi connectivity index (χ0n) is 18.1. The van der Waals surface area contributed by atoms with Crippen LogP contribution in [0.25, 0.3) is 23.0 Å². The molecule has 2 aliphatic rings. The minimum Gasteiger partial charge on any atom is -0.457 e. The fourth-order valence-corrected chi connectivity index (χ4v) is 4.35. The van der Waals surface area contributed by atoms with E-state index in [1.54, 1.807) is 24.3 Å². The normalized spacial score (nSPS) is 16.8. The molecule has 0 radical (unpaired) electrons. The van der Waals surface area contributed by atoms with Gasteiger partial charge in [0, 0.05) is 29.9 Å². The summed E-state index contributed by atoms with van der Waals surface area (Å²) in [6, 6.07) is 14.9. The smallest absolute Gasteiger partial charge is 0.256 e. The number of benzene rings is 2. The number of amides is 2. The summed E-state index contributed by atoms with van der Waals surface area (Å²) in [5.74, 6) is 0.0782. The van der Waals surface area contributed by atoms with Crippen molar-refractivity contribution in [3.63, 3.8) is 0 Å². The monoisotopic (exact) mass is 445 g/mol. The summed E-state index contributed by atoms with van der Waals surface area (Å²) < 4.78 is 19.7. The third-order valence-electron chi connectivity index (χ3n) is 6.03. The predicted molar refractivity (Wildman–Crippen MR) is 125 cm³/mol. The van der Waals surface area contributed by atoms with Gasteiger partial charge < -0.3 is 20.0 Å². The molecule has 1 fully saturated rings. The van der Waals surface area contributed by atoms with Crippen LogP contribution >= 0.6 is 0 Å². The number of hydrogen-bond acceptors (Lipinski definition) is 4. The van der Waals surface area contributed by atoms with Crippen molar-refractivity contribution in [2.45, 2.75) is 12.8 Å². The third kappa shape index (κ3) is 4.45. The van der Waals surface area contributed by atoms with Crippen LogP contribution in [-0.2, 0) is 4.79 Å². The molecule has 0 saturated carbocycles. The molecule has 168 valence electrons. The molecule has 2 N–H and O–H groups in total. The highest BCUT2D eigenvalue weighted by atomic mass is 19.1. The van der Waals surface area contributed by atoms with E-state index in [4.69, 9.17) is 4.42 Å². The Morgan fingerprint density at radius 3 is 2.76 bits per heavy atom. The predicted octanol–water partition coefficient (Wildman–Crippen LogP) is 4.40. The molecule has 5 rings (SSSR count). The summed E-state index contributed by atoms with van der Waals surface area (Å²) in [6.45, 7) is 3.61. The Hall–Kier alpha value is -3.71. The molecule has 0 atom stereocenters. The van der Waals surface area contributed by atoms with Gasteiger partial charge in [-0.1, -0.05) is 18.2 Å². The van der Waals surface area contributed by atoms with Crippen LogP contribution in [0.4, 0.5) is 10.1 Å². The van der Waals surface area contributed by atoms with E-state index in [-0.39, 0.29) is 11.8 Å². The number of nitrogens with one attached hydrogen (secondary N) is 2. The van der Waals surface area contributed by atoms with E-state index in [1.165, 1.54) is 31.0 Å². The molecule has 33 heavy (non-hydrogen) atoms. The van der Waals surface area contributed by atoms with Gasteiger partial charge in [0.25, 0.3) is 11.8 Å². The van der Waals surface area contributed by atoms with Crippen molar-refractivity contribution < 1.29 is 18.4 Å². The molecule has 0 aliphatic carbocycles. The maximum absolute atomic E-state index is 13.7. The van der Waals surface area contributed by atoms with Crippen molar-refractivity contribution in [3.8, 4) is 11.3 Å². The maximum atomic E-state index is 13.7. The molecule has 2 aromatic carbocycles. The molecule has 0 spiro atoms. The van der Waals surface area contributed by atoms with Crippen molar-refractivity contribution in [1.82, 2.24) is 10.2 Å². The van der Waals surface area contributed by atoms with Crippen LogP contribution in [0.3, 0.4) is 0 Å². The van der Waals surface area contributed by atoms with Crippen LogP contribution in [0, 0.1) is 5.82 Å². The third-order valence-corrected chi connectivity index (χ3v) is 6.03. The summed E-state index contributed by atoms with van der Waals surface area (Å²) in [5, 5.41) is 5.73. The number of hydrogen-bond donors (Lipinski definition) is 2. The van der Waals surface area contributed by atoms with E-state index in [0.717, 1.165) is 19.6 Å². The van der Waals surface area contributed by atoms with Gasteiger partial charge in [-0.3, -0.25) is 9.59 Å². The molecule has 7 heteroatoms. The van der Waals surface area contributed by atoms with E-state index in [9.17, 15) is 14.0 Å². The Morgan fingerprint density at radius 1 is 1.09 bits per heavy atom. The number of furan rings is 1. The van der Waals surface area contributed by atoms with Gasteiger partial charge in [-0.25, -0.2) is 4.39 Å². The zero-order chi connectivity index (χ0) is 22.8. The largest absolute Gasteiger partial charge is 0.457 e. The fraction of sp³-hybridized carbons (Fsp3) is 0.231. The lowest BCUT2D eigenvalue weighted by Gasteiger charge is -2.15. The summed E-state index contributed by atoms with van der Waals surface area (Å²) in [5.41, 5.74) is 2.59. The Balaban J connectivity index is 1.35. The Morgan fingerprint density at radius 2 is 1.91 bits per heavy atom. The minimum absolute atomic E-state index is 0.152. The Labute approximate surface area is 191 Å². The lowest BCUT2D eigenvalue weighted by atomic mass is 10.0.